The van der Waals surface area contributed by atoms with Gasteiger partial charge in [0.2, 0.25) is 0 Å². The molecule has 2 aromatic carbocycles. The number of nitrogens with zero attached hydrogens (tertiary/aromatic N) is 2. The molecule has 164 valence electrons. The molecule has 11 heteroatoms. The Bertz CT molecular complexity index is 1090. The molecule has 0 bridgehead atoms. The molecule has 0 saturated heterocycles. The van der Waals surface area contributed by atoms with Crippen LogP contribution in [0.1, 0.15) is 46.2 Å². The Morgan fingerprint density at radius 2 is 1.77 bits per heavy atom. The fourth-order valence-electron chi connectivity index (χ4n) is 3.49. The van der Waals surface area contributed by atoms with Crippen LogP contribution < -0.4 is 9.47 Å². The smallest absolute Gasteiger partial charge is 0.270 e. The third kappa shape index (κ3) is 4.01. The number of methoxy groups -OCH3 is 1. The number of non-ortho nitro benzene ring substituents is 1. The summed E-state index contributed by atoms with van der Waals surface area (Å²) in [6.07, 6.45) is 0. The van der Waals surface area contributed by atoms with E-state index in [4.69, 9.17) is 9.47 Å². The lowest BCUT2D eigenvalue weighted by atomic mass is 10.0. The molecule has 3 unspecified atom stereocenters. The SMILES string of the molecule is CCOc1cc(C(C(C)S(=O)[O-])N2C(=O)c3ccc([N+](=O)[O-])cc3C2=O)ccc1OC. The lowest BCUT2D eigenvalue weighted by molar-refractivity contribution is -0.384. The summed E-state index contributed by atoms with van der Waals surface area (Å²) in [5, 5.41) is 9.90. The highest BCUT2D eigenvalue weighted by molar-refractivity contribution is 7.79. The van der Waals surface area contributed by atoms with Gasteiger partial charge in [0, 0.05) is 17.4 Å². The Morgan fingerprint density at radius 1 is 1.10 bits per heavy atom. The molecule has 1 heterocycles. The fraction of sp³-hybridized carbons (Fsp3) is 0.300. The van der Waals surface area contributed by atoms with Gasteiger partial charge in [0.05, 0.1) is 35.8 Å². The Labute approximate surface area is 180 Å². The highest BCUT2D eigenvalue weighted by atomic mass is 32.2. The van der Waals surface area contributed by atoms with E-state index in [-0.39, 0.29) is 16.8 Å². The number of nitro groups is 1. The maximum atomic E-state index is 13.1. The molecule has 0 N–H and O–H groups in total. The van der Waals surface area contributed by atoms with E-state index in [0.717, 1.165) is 17.0 Å². The number of nitro benzene ring substituents is 1. The number of benzene rings is 2. The van der Waals surface area contributed by atoms with Crippen LogP contribution in [-0.2, 0) is 11.1 Å². The number of hydrogen-bond acceptors (Lipinski definition) is 8. The highest BCUT2D eigenvalue weighted by Gasteiger charge is 2.43. The quantitative estimate of drug-likeness (QED) is 0.260. The van der Waals surface area contributed by atoms with Crippen LogP contribution >= 0.6 is 0 Å². The third-order valence-corrected chi connectivity index (χ3v) is 5.83. The normalized spacial score (nSPS) is 15.9. The topological polar surface area (TPSA) is 139 Å². The minimum absolute atomic E-state index is 0.0250. The number of rotatable bonds is 8. The first-order valence-corrected chi connectivity index (χ1v) is 10.4. The van der Waals surface area contributed by atoms with Crippen molar-refractivity contribution in [1.82, 2.24) is 4.90 Å². The van der Waals surface area contributed by atoms with Gasteiger partial charge in [-0.15, -0.1) is 0 Å². The van der Waals surface area contributed by atoms with Crippen molar-refractivity contribution in [3.8, 4) is 11.5 Å². The molecule has 0 saturated carbocycles. The predicted molar refractivity (Wildman–Crippen MR) is 109 cm³/mol. The van der Waals surface area contributed by atoms with Crippen molar-refractivity contribution in [3.63, 3.8) is 0 Å². The second-order valence-electron chi connectivity index (χ2n) is 6.72. The van der Waals surface area contributed by atoms with E-state index in [9.17, 15) is 28.5 Å². The van der Waals surface area contributed by atoms with Gasteiger partial charge in [-0.3, -0.25) is 28.8 Å². The van der Waals surface area contributed by atoms with Crippen LogP contribution in [0, 0.1) is 10.1 Å². The summed E-state index contributed by atoms with van der Waals surface area (Å²) >= 11 is -2.64. The number of carbonyl (C=O) groups excluding carboxylic acids is 2. The zero-order valence-corrected chi connectivity index (χ0v) is 17.7. The van der Waals surface area contributed by atoms with Crippen molar-refractivity contribution in [1.29, 1.82) is 0 Å². The van der Waals surface area contributed by atoms with Crippen molar-refractivity contribution in [3.05, 3.63) is 63.2 Å². The summed E-state index contributed by atoms with van der Waals surface area (Å²) in [5.41, 5.74) is -0.179. The average Bonchev–Trinajstić information content (AvgIpc) is 2.99. The molecule has 3 rings (SSSR count). The van der Waals surface area contributed by atoms with Gasteiger partial charge < -0.3 is 14.0 Å². The first-order chi connectivity index (χ1) is 14.7. The van der Waals surface area contributed by atoms with Crippen LogP contribution in [0.2, 0.25) is 0 Å². The van der Waals surface area contributed by atoms with Crippen molar-refractivity contribution in [2.24, 2.45) is 0 Å². The van der Waals surface area contributed by atoms with Gasteiger partial charge in [-0.25, -0.2) is 0 Å². The minimum Gasteiger partial charge on any atom is -0.772 e. The second kappa shape index (κ2) is 8.82. The van der Waals surface area contributed by atoms with E-state index in [0.29, 0.717) is 23.7 Å². The molecule has 0 fully saturated rings. The first-order valence-electron chi connectivity index (χ1n) is 9.26. The fourth-order valence-corrected chi connectivity index (χ4v) is 3.98. The van der Waals surface area contributed by atoms with Gasteiger partial charge in [0.1, 0.15) is 0 Å². The van der Waals surface area contributed by atoms with Gasteiger partial charge >= 0.3 is 0 Å². The van der Waals surface area contributed by atoms with Crippen LogP contribution in [-0.4, -0.2) is 49.4 Å². The first kappa shape index (κ1) is 22.4. The van der Waals surface area contributed by atoms with Crippen LogP contribution in [0.25, 0.3) is 0 Å². The molecule has 31 heavy (non-hydrogen) atoms. The van der Waals surface area contributed by atoms with Crippen molar-refractivity contribution in [2.45, 2.75) is 25.1 Å². The summed E-state index contributed by atoms with van der Waals surface area (Å²) < 4.78 is 34.5. The Hall–Kier alpha value is -3.31. The van der Waals surface area contributed by atoms with Crippen LogP contribution in [0.3, 0.4) is 0 Å². The van der Waals surface area contributed by atoms with Gasteiger partial charge in [-0.1, -0.05) is 6.07 Å². The number of imide groups is 1. The maximum absolute atomic E-state index is 13.1. The summed E-state index contributed by atoms with van der Waals surface area (Å²) in [6, 6.07) is 6.77. The van der Waals surface area contributed by atoms with E-state index < -0.39 is 39.1 Å². The van der Waals surface area contributed by atoms with Crippen LogP contribution in [0.15, 0.2) is 36.4 Å². The largest absolute Gasteiger partial charge is 0.772 e. The number of ether oxygens (including phenoxy) is 2. The van der Waals surface area contributed by atoms with Gasteiger partial charge in [0.15, 0.2) is 11.5 Å². The molecule has 2 aromatic rings. The van der Waals surface area contributed by atoms with Gasteiger partial charge in [-0.05, 0) is 48.7 Å². The van der Waals surface area contributed by atoms with Crippen LogP contribution in [0.4, 0.5) is 5.69 Å². The zero-order valence-electron chi connectivity index (χ0n) is 16.9. The Morgan fingerprint density at radius 3 is 2.35 bits per heavy atom. The molecule has 0 radical (unpaired) electrons. The maximum Gasteiger partial charge on any atom is 0.270 e. The second-order valence-corrected chi connectivity index (χ2v) is 7.99. The lowest BCUT2D eigenvalue weighted by Crippen LogP contribution is -2.41. The van der Waals surface area contributed by atoms with E-state index in [1.54, 1.807) is 19.1 Å². The monoisotopic (exact) mass is 447 g/mol. The number of carbonyl (C=O) groups is 2. The molecule has 3 atom stereocenters. The van der Waals surface area contributed by atoms with Crippen LogP contribution in [0.5, 0.6) is 11.5 Å². The molecular formula is C20H19N2O8S-. The van der Waals surface area contributed by atoms with Crippen molar-refractivity contribution >= 4 is 28.6 Å². The summed E-state index contributed by atoms with van der Waals surface area (Å²) in [7, 11) is 1.45. The van der Waals surface area contributed by atoms with E-state index >= 15 is 0 Å². The predicted octanol–water partition coefficient (Wildman–Crippen LogP) is 2.61. The highest BCUT2D eigenvalue weighted by Crippen LogP contribution is 2.39. The summed E-state index contributed by atoms with van der Waals surface area (Å²) in [5.74, 6) is -0.812. The molecule has 0 aliphatic carbocycles. The number of fused-ring (bicyclic) bond motifs is 1. The molecule has 0 aromatic heterocycles. The van der Waals surface area contributed by atoms with Gasteiger partial charge in [0.25, 0.3) is 17.5 Å². The molecule has 0 spiro atoms. The van der Waals surface area contributed by atoms with E-state index in [1.165, 1.54) is 26.2 Å². The standard InChI is InChI=1S/C20H20N2O8S/c1-4-30-17-9-12(5-8-16(17)29-3)18(11(2)31(27)28)21-19(23)14-7-6-13(22(25)26)10-15(14)20(21)24/h5-11,18H,4H2,1-3H3,(H,27,28)/p-1. The molecule has 2 amide bonds. The third-order valence-electron chi connectivity index (χ3n) is 4.97. The zero-order chi connectivity index (χ0) is 22.9. The van der Waals surface area contributed by atoms with Crippen molar-refractivity contribution in [2.75, 3.05) is 13.7 Å². The lowest BCUT2D eigenvalue weighted by Gasteiger charge is -2.33. The minimum atomic E-state index is -2.64. The Kier molecular flexibility index (Phi) is 6.37. The number of amides is 2. The molecule has 1 aliphatic heterocycles. The van der Waals surface area contributed by atoms with Gasteiger partial charge in [-0.2, -0.15) is 0 Å². The number of hydrogen-bond donors (Lipinski definition) is 0. The summed E-state index contributed by atoms with van der Waals surface area (Å²) in [6.45, 7) is 3.44. The average molecular weight is 447 g/mol. The van der Waals surface area contributed by atoms with E-state index in [1.807, 2.05) is 0 Å². The molecular weight excluding hydrogens is 428 g/mol. The van der Waals surface area contributed by atoms with E-state index in [2.05, 4.69) is 0 Å². The Balaban J connectivity index is 2.13. The summed E-state index contributed by atoms with van der Waals surface area (Å²) in [4.78, 5) is 37.3. The van der Waals surface area contributed by atoms with Crippen molar-refractivity contribution < 1.29 is 32.7 Å². The molecule has 1 aliphatic rings. The molecule has 10 nitrogen and oxygen atoms in total.